The normalized spacial score (nSPS) is 16.2. The van der Waals surface area contributed by atoms with Crippen LogP contribution in [0.5, 0.6) is 0 Å². The maximum atomic E-state index is 9.19. The molecule has 0 amide bonds. The lowest BCUT2D eigenvalue weighted by molar-refractivity contribution is 0.289. The standard InChI is InChI=1S/C13H18N4O/c14-8-11-9-16-13(10-15-11)17(6-7-18)12-4-2-1-3-5-12/h9-10,12,18H,1-7H2. The van der Waals surface area contributed by atoms with Crippen molar-refractivity contribution in [3.05, 3.63) is 18.1 Å². The van der Waals surface area contributed by atoms with E-state index >= 15 is 0 Å². The molecule has 5 nitrogen and oxygen atoms in total. The number of anilines is 1. The van der Waals surface area contributed by atoms with Gasteiger partial charge in [0.1, 0.15) is 11.9 Å². The molecule has 0 aromatic carbocycles. The Morgan fingerprint density at radius 2 is 2.06 bits per heavy atom. The molecule has 1 aliphatic carbocycles. The van der Waals surface area contributed by atoms with Gasteiger partial charge in [0.15, 0.2) is 5.69 Å². The van der Waals surface area contributed by atoms with E-state index in [9.17, 15) is 5.11 Å². The molecule has 2 rings (SSSR count). The Hall–Kier alpha value is -1.67. The highest BCUT2D eigenvalue weighted by atomic mass is 16.3. The maximum absolute atomic E-state index is 9.19. The lowest BCUT2D eigenvalue weighted by Gasteiger charge is -2.34. The molecule has 18 heavy (non-hydrogen) atoms. The summed E-state index contributed by atoms with van der Waals surface area (Å²) in [7, 11) is 0. The monoisotopic (exact) mass is 246 g/mol. The lowest BCUT2D eigenvalue weighted by Crippen LogP contribution is -2.39. The minimum Gasteiger partial charge on any atom is -0.395 e. The van der Waals surface area contributed by atoms with Gasteiger partial charge in [-0.25, -0.2) is 9.97 Å². The minimum atomic E-state index is 0.109. The van der Waals surface area contributed by atoms with Gasteiger partial charge in [-0.15, -0.1) is 0 Å². The van der Waals surface area contributed by atoms with Gasteiger partial charge < -0.3 is 10.0 Å². The van der Waals surface area contributed by atoms with Crippen molar-refractivity contribution in [2.45, 2.75) is 38.1 Å². The van der Waals surface area contributed by atoms with Crippen molar-refractivity contribution in [1.29, 1.82) is 5.26 Å². The summed E-state index contributed by atoms with van der Waals surface area (Å²) in [6.45, 7) is 0.684. The van der Waals surface area contributed by atoms with Gasteiger partial charge in [-0.05, 0) is 12.8 Å². The van der Waals surface area contributed by atoms with Crippen LogP contribution in [0.15, 0.2) is 12.4 Å². The van der Waals surface area contributed by atoms with Gasteiger partial charge in [-0.1, -0.05) is 19.3 Å². The van der Waals surface area contributed by atoms with Crippen LogP contribution < -0.4 is 4.90 Å². The van der Waals surface area contributed by atoms with Crippen LogP contribution in [-0.2, 0) is 0 Å². The number of nitriles is 1. The van der Waals surface area contributed by atoms with Crippen molar-refractivity contribution in [3.63, 3.8) is 0 Å². The third-order valence-electron chi connectivity index (χ3n) is 3.40. The SMILES string of the molecule is N#Cc1cnc(N(CCO)C2CCCCC2)cn1. The van der Waals surface area contributed by atoms with Crippen LogP contribution in [0.4, 0.5) is 5.82 Å². The van der Waals surface area contributed by atoms with Gasteiger partial charge in [0.25, 0.3) is 0 Å². The Bertz CT molecular complexity index is 406. The molecule has 1 fully saturated rings. The van der Waals surface area contributed by atoms with Crippen molar-refractivity contribution in [2.24, 2.45) is 0 Å². The molecule has 0 bridgehead atoms. The van der Waals surface area contributed by atoms with Gasteiger partial charge in [-0.2, -0.15) is 5.26 Å². The largest absolute Gasteiger partial charge is 0.395 e. The number of aliphatic hydroxyl groups excluding tert-OH is 1. The number of hydrogen-bond acceptors (Lipinski definition) is 5. The van der Waals surface area contributed by atoms with Gasteiger partial charge in [0, 0.05) is 12.6 Å². The molecular formula is C13H18N4O. The molecule has 0 spiro atoms. The van der Waals surface area contributed by atoms with E-state index in [0.29, 0.717) is 18.3 Å². The van der Waals surface area contributed by atoms with Crippen LogP contribution in [0.25, 0.3) is 0 Å². The smallest absolute Gasteiger partial charge is 0.158 e. The predicted octanol–water partition coefficient (Wildman–Crippen LogP) is 1.48. The van der Waals surface area contributed by atoms with E-state index in [1.54, 1.807) is 6.20 Å². The summed E-state index contributed by atoms with van der Waals surface area (Å²) in [5, 5.41) is 17.9. The predicted molar refractivity (Wildman–Crippen MR) is 68.1 cm³/mol. The average Bonchev–Trinajstić information content (AvgIpc) is 2.46. The van der Waals surface area contributed by atoms with Gasteiger partial charge in [0.2, 0.25) is 0 Å². The van der Waals surface area contributed by atoms with Crippen molar-refractivity contribution >= 4 is 5.82 Å². The second-order valence-corrected chi connectivity index (χ2v) is 4.58. The zero-order valence-corrected chi connectivity index (χ0v) is 10.4. The Morgan fingerprint density at radius 1 is 1.28 bits per heavy atom. The van der Waals surface area contributed by atoms with E-state index in [2.05, 4.69) is 14.9 Å². The van der Waals surface area contributed by atoms with E-state index in [1.165, 1.54) is 25.5 Å². The molecule has 1 aromatic heterocycles. The van der Waals surface area contributed by atoms with E-state index in [1.807, 2.05) is 6.07 Å². The summed E-state index contributed by atoms with van der Waals surface area (Å²) >= 11 is 0. The fourth-order valence-electron chi connectivity index (χ4n) is 2.51. The molecule has 1 aromatic rings. The molecule has 1 aliphatic rings. The zero-order valence-electron chi connectivity index (χ0n) is 10.4. The molecule has 0 unspecified atom stereocenters. The Balaban J connectivity index is 2.14. The molecule has 0 radical (unpaired) electrons. The molecule has 5 heteroatoms. The van der Waals surface area contributed by atoms with Crippen LogP contribution in [0.1, 0.15) is 37.8 Å². The van der Waals surface area contributed by atoms with Crippen LogP contribution >= 0.6 is 0 Å². The lowest BCUT2D eigenvalue weighted by atomic mass is 9.94. The first-order valence-electron chi connectivity index (χ1n) is 6.45. The Labute approximate surface area is 107 Å². The van der Waals surface area contributed by atoms with E-state index in [4.69, 9.17) is 5.26 Å². The summed E-state index contributed by atoms with van der Waals surface area (Å²) in [5.41, 5.74) is 0.325. The molecular weight excluding hydrogens is 228 g/mol. The number of aliphatic hydroxyl groups is 1. The van der Waals surface area contributed by atoms with Gasteiger partial charge in [0.05, 0.1) is 19.0 Å². The van der Waals surface area contributed by atoms with Crippen LogP contribution in [-0.4, -0.2) is 34.3 Å². The molecule has 1 saturated carbocycles. The van der Waals surface area contributed by atoms with E-state index in [0.717, 1.165) is 18.7 Å². The summed E-state index contributed by atoms with van der Waals surface area (Å²) in [5.74, 6) is 0.759. The van der Waals surface area contributed by atoms with Gasteiger partial charge in [-0.3, -0.25) is 0 Å². The number of nitrogens with zero attached hydrogens (tertiary/aromatic N) is 4. The van der Waals surface area contributed by atoms with Crippen LogP contribution in [0, 0.1) is 11.3 Å². The number of hydrogen-bond donors (Lipinski definition) is 1. The summed E-state index contributed by atoms with van der Waals surface area (Å²) in [6.07, 6.45) is 9.16. The highest BCUT2D eigenvalue weighted by molar-refractivity contribution is 5.38. The summed E-state index contributed by atoms with van der Waals surface area (Å²) < 4.78 is 0. The third-order valence-corrected chi connectivity index (χ3v) is 3.40. The first-order chi connectivity index (χ1) is 8.85. The maximum Gasteiger partial charge on any atom is 0.158 e. The zero-order chi connectivity index (χ0) is 12.8. The van der Waals surface area contributed by atoms with Crippen molar-refractivity contribution in [1.82, 2.24) is 9.97 Å². The first-order valence-corrected chi connectivity index (χ1v) is 6.45. The fourth-order valence-corrected chi connectivity index (χ4v) is 2.51. The summed E-state index contributed by atoms with van der Waals surface area (Å²) in [4.78, 5) is 10.4. The molecule has 0 aliphatic heterocycles. The number of rotatable bonds is 4. The number of aromatic nitrogens is 2. The van der Waals surface area contributed by atoms with Gasteiger partial charge >= 0.3 is 0 Å². The van der Waals surface area contributed by atoms with Crippen molar-refractivity contribution < 1.29 is 5.11 Å². The Morgan fingerprint density at radius 3 is 2.61 bits per heavy atom. The molecule has 1 N–H and O–H groups in total. The second-order valence-electron chi connectivity index (χ2n) is 4.58. The minimum absolute atomic E-state index is 0.109. The first kappa shape index (κ1) is 12.8. The van der Waals surface area contributed by atoms with Crippen molar-refractivity contribution in [2.75, 3.05) is 18.1 Å². The van der Waals surface area contributed by atoms with Crippen LogP contribution in [0.3, 0.4) is 0 Å². The quantitative estimate of drug-likeness (QED) is 0.871. The van der Waals surface area contributed by atoms with E-state index in [-0.39, 0.29) is 6.61 Å². The molecule has 0 saturated heterocycles. The fraction of sp³-hybridized carbons (Fsp3) is 0.615. The second kappa shape index (κ2) is 6.31. The average molecular weight is 246 g/mol. The molecule has 1 heterocycles. The van der Waals surface area contributed by atoms with Crippen molar-refractivity contribution in [3.8, 4) is 6.07 Å². The highest BCUT2D eigenvalue weighted by Crippen LogP contribution is 2.25. The van der Waals surface area contributed by atoms with Crippen LogP contribution in [0.2, 0.25) is 0 Å². The highest BCUT2D eigenvalue weighted by Gasteiger charge is 2.22. The molecule has 96 valence electrons. The molecule has 0 atom stereocenters. The summed E-state index contributed by atoms with van der Waals surface area (Å²) in [6, 6.07) is 2.40. The van der Waals surface area contributed by atoms with E-state index < -0.39 is 0 Å². The third kappa shape index (κ3) is 2.96. The topological polar surface area (TPSA) is 73.0 Å². The Kier molecular flexibility index (Phi) is 4.48.